The molecule has 1 aliphatic carbocycles. The zero-order chi connectivity index (χ0) is 14.1. The van der Waals surface area contributed by atoms with Gasteiger partial charge in [-0.1, -0.05) is 11.6 Å². The van der Waals surface area contributed by atoms with E-state index in [2.05, 4.69) is 14.8 Å². The third-order valence-electron chi connectivity index (χ3n) is 3.95. The van der Waals surface area contributed by atoms with Gasteiger partial charge in [-0.15, -0.1) is 0 Å². The van der Waals surface area contributed by atoms with Crippen LogP contribution in [0.15, 0.2) is 12.3 Å². The Kier molecular flexibility index (Phi) is 3.81. The van der Waals surface area contributed by atoms with E-state index in [-0.39, 0.29) is 5.56 Å². The van der Waals surface area contributed by atoms with Gasteiger partial charge in [0, 0.05) is 38.9 Å². The summed E-state index contributed by atoms with van der Waals surface area (Å²) >= 11 is 6.16. The minimum Gasteiger partial charge on any atom is -0.478 e. The summed E-state index contributed by atoms with van der Waals surface area (Å²) in [5, 5.41) is 9.33. The van der Waals surface area contributed by atoms with Gasteiger partial charge >= 0.3 is 5.97 Å². The second-order valence-electron chi connectivity index (χ2n) is 5.57. The van der Waals surface area contributed by atoms with Gasteiger partial charge in [0.05, 0.1) is 10.6 Å². The van der Waals surface area contributed by atoms with Gasteiger partial charge in [0.2, 0.25) is 0 Å². The summed E-state index contributed by atoms with van der Waals surface area (Å²) in [6.45, 7) is 5.05. The van der Waals surface area contributed by atoms with E-state index in [1.54, 1.807) is 0 Å². The summed E-state index contributed by atoms with van der Waals surface area (Å²) in [4.78, 5) is 19.7. The Balaban J connectivity index is 1.63. The number of carboxylic acid groups (broad SMARTS) is 1. The van der Waals surface area contributed by atoms with Crippen molar-refractivity contribution in [3.63, 3.8) is 0 Å². The van der Waals surface area contributed by atoms with E-state index in [0.29, 0.717) is 10.8 Å². The number of aromatic nitrogens is 1. The molecule has 108 valence electrons. The molecular weight excluding hydrogens is 278 g/mol. The van der Waals surface area contributed by atoms with Gasteiger partial charge in [-0.05, 0) is 24.8 Å². The minimum atomic E-state index is -1.000. The van der Waals surface area contributed by atoms with E-state index >= 15 is 0 Å². The predicted octanol–water partition coefficient (Wildman–Crippen LogP) is 1.97. The molecule has 0 amide bonds. The van der Waals surface area contributed by atoms with Gasteiger partial charge in [0.1, 0.15) is 5.82 Å². The second-order valence-corrected chi connectivity index (χ2v) is 5.97. The van der Waals surface area contributed by atoms with Crippen molar-refractivity contribution in [2.45, 2.75) is 12.8 Å². The highest BCUT2D eigenvalue weighted by atomic mass is 35.5. The van der Waals surface area contributed by atoms with Gasteiger partial charge in [-0.3, -0.25) is 4.90 Å². The van der Waals surface area contributed by atoms with E-state index in [4.69, 9.17) is 16.7 Å². The number of aromatic carboxylic acids is 1. The molecule has 0 radical (unpaired) electrons. The molecule has 1 N–H and O–H groups in total. The number of carboxylic acids is 1. The first kappa shape index (κ1) is 13.6. The Hall–Kier alpha value is -1.33. The Morgan fingerprint density at radius 1 is 1.35 bits per heavy atom. The fourth-order valence-corrected chi connectivity index (χ4v) is 2.87. The molecule has 1 aromatic rings. The number of nitrogens with zero attached hydrogens (tertiary/aromatic N) is 3. The maximum atomic E-state index is 10.9. The largest absolute Gasteiger partial charge is 0.478 e. The van der Waals surface area contributed by atoms with Crippen molar-refractivity contribution in [2.24, 2.45) is 5.92 Å². The highest BCUT2D eigenvalue weighted by molar-refractivity contribution is 6.33. The molecule has 20 heavy (non-hydrogen) atoms. The van der Waals surface area contributed by atoms with E-state index < -0.39 is 5.97 Å². The molecular formula is C14H18ClN3O2. The molecule has 0 spiro atoms. The second kappa shape index (κ2) is 5.58. The molecule has 1 aromatic heterocycles. The number of piperazine rings is 1. The lowest BCUT2D eigenvalue weighted by atomic mass is 10.2. The van der Waals surface area contributed by atoms with Crippen LogP contribution < -0.4 is 4.90 Å². The fraction of sp³-hybridized carbons (Fsp3) is 0.571. The van der Waals surface area contributed by atoms with Crippen molar-refractivity contribution >= 4 is 23.4 Å². The molecule has 1 saturated heterocycles. The van der Waals surface area contributed by atoms with Crippen LogP contribution >= 0.6 is 11.6 Å². The number of rotatable bonds is 4. The van der Waals surface area contributed by atoms with Crippen LogP contribution in [0.25, 0.3) is 0 Å². The molecule has 2 fully saturated rings. The van der Waals surface area contributed by atoms with Crippen molar-refractivity contribution in [1.29, 1.82) is 0 Å². The molecule has 5 nitrogen and oxygen atoms in total. The average molecular weight is 296 g/mol. The van der Waals surface area contributed by atoms with Crippen LogP contribution in [-0.4, -0.2) is 53.7 Å². The number of hydrogen-bond acceptors (Lipinski definition) is 4. The van der Waals surface area contributed by atoms with Crippen LogP contribution in [-0.2, 0) is 0 Å². The van der Waals surface area contributed by atoms with Crippen LogP contribution in [0.3, 0.4) is 0 Å². The first-order valence-corrected chi connectivity index (χ1v) is 7.37. The Labute approximate surface area is 123 Å². The van der Waals surface area contributed by atoms with Crippen molar-refractivity contribution < 1.29 is 9.90 Å². The Morgan fingerprint density at radius 3 is 2.60 bits per heavy atom. The number of hydrogen-bond donors (Lipinski definition) is 1. The summed E-state index contributed by atoms with van der Waals surface area (Å²) in [6.07, 6.45) is 4.13. The molecule has 3 rings (SSSR count). The average Bonchev–Trinajstić information content (AvgIpc) is 3.24. The van der Waals surface area contributed by atoms with Crippen LogP contribution in [0.4, 0.5) is 5.82 Å². The van der Waals surface area contributed by atoms with Crippen LogP contribution in [0.5, 0.6) is 0 Å². The summed E-state index contributed by atoms with van der Waals surface area (Å²) in [5.74, 6) is 0.612. The van der Waals surface area contributed by atoms with Gasteiger partial charge < -0.3 is 10.0 Å². The van der Waals surface area contributed by atoms with E-state index in [1.807, 2.05) is 0 Å². The first-order valence-electron chi connectivity index (χ1n) is 6.99. The summed E-state index contributed by atoms with van der Waals surface area (Å²) in [7, 11) is 0. The lowest BCUT2D eigenvalue weighted by molar-refractivity contribution is 0.0696. The molecule has 1 aliphatic heterocycles. The third kappa shape index (κ3) is 3.04. The predicted molar refractivity (Wildman–Crippen MR) is 77.6 cm³/mol. The van der Waals surface area contributed by atoms with Gasteiger partial charge in [-0.2, -0.15) is 0 Å². The monoisotopic (exact) mass is 295 g/mol. The van der Waals surface area contributed by atoms with E-state index in [9.17, 15) is 4.79 Å². The number of halogens is 1. The molecule has 1 saturated carbocycles. The van der Waals surface area contributed by atoms with Gasteiger partial charge in [-0.25, -0.2) is 9.78 Å². The molecule has 2 heterocycles. The van der Waals surface area contributed by atoms with Crippen molar-refractivity contribution in [1.82, 2.24) is 9.88 Å². The van der Waals surface area contributed by atoms with Crippen LogP contribution in [0, 0.1) is 5.92 Å². The first-order chi connectivity index (χ1) is 9.63. The number of pyridine rings is 1. The summed E-state index contributed by atoms with van der Waals surface area (Å²) < 4.78 is 0. The van der Waals surface area contributed by atoms with Crippen LogP contribution in [0.2, 0.25) is 5.02 Å². The van der Waals surface area contributed by atoms with Crippen molar-refractivity contribution in [3.8, 4) is 0 Å². The highest BCUT2D eigenvalue weighted by Gasteiger charge is 2.27. The Bertz CT molecular complexity index is 511. The molecule has 0 unspecified atom stereocenters. The quantitative estimate of drug-likeness (QED) is 0.920. The molecule has 0 aromatic carbocycles. The Morgan fingerprint density at radius 2 is 2.05 bits per heavy atom. The topological polar surface area (TPSA) is 56.7 Å². The summed E-state index contributed by atoms with van der Waals surface area (Å²) in [6, 6.07) is 1.47. The zero-order valence-corrected chi connectivity index (χ0v) is 12.0. The van der Waals surface area contributed by atoms with Gasteiger partial charge in [0.15, 0.2) is 0 Å². The maximum Gasteiger partial charge on any atom is 0.337 e. The van der Waals surface area contributed by atoms with Crippen LogP contribution in [0.1, 0.15) is 23.2 Å². The van der Waals surface area contributed by atoms with E-state index in [1.165, 1.54) is 31.6 Å². The minimum absolute atomic E-state index is 0.131. The molecule has 0 atom stereocenters. The fourth-order valence-electron chi connectivity index (χ4n) is 2.59. The standard InChI is InChI=1S/C14H18ClN3O2/c15-12-7-11(14(19)20)8-16-13(12)18-5-3-17(4-6-18)9-10-1-2-10/h7-8,10H,1-6,9H2,(H,19,20). The van der Waals surface area contributed by atoms with Crippen molar-refractivity contribution in [2.75, 3.05) is 37.6 Å². The van der Waals surface area contributed by atoms with E-state index in [0.717, 1.165) is 32.1 Å². The zero-order valence-electron chi connectivity index (χ0n) is 11.3. The normalized spacial score (nSPS) is 20.1. The smallest absolute Gasteiger partial charge is 0.337 e. The molecule has 6 heteroatoms. The highest BCUT2D eigenvalue weighted by Crippen LogP contribution is 2.30. The van der Waals surface area contributed by atoms with Gasteiger partial charge in [0.25, 0.3) is 0 Å². The summed E-state index contributed by atoms with van der Waals surface area (Å²) in [5.41, 5.74) is 0.131. The number of anilines is 1. The molecule has 2 aliphatic rings. The maximum absolute atomic E-state index is 10.9. The lowest BCUT2D eigenvalue weighted by Crippen LogP contribution is -2.47. The van der Waals surface area contributed by atoms with Crippen molar-refractivity contribution in [3.05, 3.63) is 22.8 Å². The SMILES string of the molecule is O=C(O)c1cnc(N2CCN(CC3CC3)CC2)c(Cl)c1. The molecule has 0 bridgehead atoms. The third-order valence-corrected chi connectivity index (χ3v) is 4.23. The number of carbonyl (C=O) groups is 1. The lowest BCUT2D eigenvalue weighted by Gasteiger charge is -2.35.